The molecule has 0 atom stereocenters. The van der Waals surface area contributed by atoms with Crippen molar-refractivity contribution in [3.63, 3.8) is 0 Å². The molecule has 0 fully saturated rings. The van der Waals surface area contributed by atoms with Crippen molar-refractivity contribution in [3.8, 4) is 0 Å². The van der Waals surface area contributed by atoms with Gasteiger partial charge in [0, 0.05) is 25.7 Å². The number of primary amides is 1. The minimum absolute atomic E-state index is 0.00377. The molecule has 0 saturated carbocycles. The maximum atomic E-state index is 11.6. The molecule has 104 valence electrons. The van der Waals surface area contributed by atoms with Gasteiger partial charge < -0.3 is 16.4 Å². The van der Waals surface area contributed by atoms with E-state index in [2.05, 4.69) is 10.6 Å². The van der Waals surface area contributed by atoms with Gasteiger partial charge in [0.2, 0.25) is 11.8 Å². The Morgan fingerprint density at radius 2 is 1.79 bits per heavy atom. The predicted octanol–water partition coefficient (Wildman–Crippen LogP) is 0.647. The van der Waals surface area contributed by atoms with E-state index in [1.165, 1.54) is 0 Å². The molecule has 0 aromatic heterocycles. The largest absolute Gasteiger partial charge is 0.366 e. The third kappa shape index (κ3) is 4.37. The van der Waals surface area contributed by atoms with Crippen LogP contribution in [0.4, 0.5) is 0 Å². The highest BCUT2D eigenvalue weighted by Crippen LogP contribution is 2.13. The Hall–Kier alpha value is -1.88. The van der Waals surface area contributed by atoms with Gasteiger partial charge in [-0.25, -0.2) is 0 Å². The van der Waals surface area contributed by atoms with Gasteiger partial charge in [-0.05, 0) is 31.5 Å². The molecule has 1 rings (SSSR count). The summed E-state index contributed by atoms with van der Waals surface area (Å²) >= 11 is 0. The first-order valence-corrected chi connectivity index (χ1v) is 6.18. The van der Waals surface area contributed by atoms with E-state index >= 15 is 0 Å². The number of nitrogens with one attached hydrogen (secondary N) is 2. The van der Waals surface area contributed by atoms with E-state index in [9.17, 15) is 9.59 Å². The zero-order valence-corrected chi connectivity index (χ0v) is 11.6. The number of rotatable bonds is 6. The van der Waals surface area contributed by atoms with Crippen molar-refractivity contribution < 1.29 is 9.59 Å². The summed E-state index contributed by atoms with van der Waals surface area (Å²) in [5.74, 6) is -0.427. The second kappa shape index (κ2) is 6.33. The Morgan fingerprint density at radius 3 is 2.26 bits per heavy atom. The van der Waals surface area contributed by atoms with E-state index in [-0.39, 0.29) is 5.91 Å². The number of carbonyl (C=O) groups excluding carboxylic acids is 2. The van der Waals surface area contributed by atoms with Gasteiger partial charge in [-0.1, -0.05) is 12.1 Å². The Balaban J connectivity index is 2.49. The summed E-state index contributed by atoms with van der Waals surface area (Å²) in [6.45, 7) is 4.98. The summed E-state index contributed by atoms with van der Waals surface area (Å²) in [5.41, 5.74) is 6.25. The summed E-state index contributed by atoms with van der Waals surface area (Å²) in [7, 11) is 1.63. The lowest BCUT2D eigenvalue weighted by atomic mass is 9.92. The number of benzene rings is 1. The molecule has 0 radical (unpaired) electrons. The Labute approximate surface area is 113 Å². The molecule has 0 bridgehead atoms. The molecule has 0 aliphatic rings. The average molecular weight is 263 g/mol. The molecule has 0 heterocycles. The van der Waals surface area contributed by atoms with Crippen LogP contribution in [0.1, 0.15) is 29.8 Å². The molecular formula is C14H21N3O2. The fraction of sp³-hybridized carbons (Fsp3) is 0.429. The van der Waals surface area contributed by atoms with Crippen molar-refractivity contribution >= 4 is 11.8 Å². The molecule has 0 aliphatic heterocycles. The van der Waals surface area contributed by atoms with E-state index in [0.29, 0.717) is 18.7 Å². The van der Waals surface area contributed by atoms with Gasteiger partial charge in [-0.3, -0.25) is 9.59 Å². The normalized spacial score (nSPS) is 11.1. The molecule has 1 aromatic rings. The van der Waals surface area contributed by atoms with Crippen LogP contribution >= 0.6 is 0 Å². The molecule has 19 heavy (non-hydrogen) atoms. The predicted molar refractivity (Wildman–Crippen MR) is 74.5 cm³/mol. The van der Waals surface area contributed by atoms with Gasteiger partial charge >= 0.3 is 0 Å². The summed E-state index contributed by atoms with van der Waals surface area (Å²) in [4.78, 5) is 22.5. The molecule has 4 N–H and O–H groups in total. The van der Waals surface area contributed by atoms with Crippen molar-refractivity contribution in [2.75, 3.05) is 13.6 Å². The topological polar surface area (TPSA) is 84.2 Å². The highest BCUT2D eigenvalue weighted by atomic mass is 16.2. The van der Waals surface area contributed by atoms with Crippen LogP contribution in [0, 0.1) is 5.41 Å². The fourth-order valence-corrected chi connectivity index (χ4v) is 1.72. The van der Waals surface area contributed by atoms with Crippen LogP contribution in [0.15, 0.2) is 24.3 Å². The monoisotopic (exact) mass is 263 g/mol. The first-order chi connectivity index (χ1) is 8.86. The highest BCUT2D eigenvalue weighted by Gasteiger charge is 2.25. The molecular weight excluding hydrogens is 242 g/mol. The standard InChI is InChI=1S/C14H21N3O2/c1-14(2,13(19)16-3)9-17-8-10-4-6-11(7-5-10)12(15)18/h4-7,17H,8-9H2,1-3H3,(H2,15,18)(H,16,19). The van der Waals surface area contributed by atoms with Crippen LogP contribution in [-0.4, -0.2) is 25.4 Å². The lowest BCUT2D eigenvalue weighted by molar-refractivity contribution is -0.128. The third-order valence-corrected chi connectivity index (χ3v) is 2.98. The van der Waals surface area contributed by atoms with Crippen molar-refractivity contribution in [1.29, 1.82) is 0 Å². The van der Waals surface area contributed by atoms with Crippen molar-refractivity contribution in [1.82, 2.24) is 10.6 Å². The van der Waals surface area contributed by atoms with Crippen molar-refractivity contribution in [2.24, 2.45) is 11.1 Å². The molecule has 5 heteroatoms. The van der Waals surface area contributed by atoms with E-state index < -0.39 is 11.3 Å². The Morgan fingerprint density at radius 1 is 1.21 bits per heavy atom. The maximum Gasteiger partial charge on any atom is 0.248 e. The minimum atomic E-state index is -0.456. The van der Waals surface area contributed by atoms with E-state index in [1.54, 1.807) is 19.2 Å². The van der Waals surface area contributed by atoms with E-state index in [1.807, 2.05) is 26.0 Å². The minimum Gasteiger partial charge on any atom is -0.366 e. The molecule has 0 aliphatic carbocycles. The quantitative estimate of drug-likeness (QED) is 0.704. The second-order valence-corrected chi connectivity index (χ2v) is 5.13. The third-order valence-electron chi connectivity index (χ3n) is 2.98. The number of hydrogen-bond donors (Lipinski definition) is 3. The summed E-state index contributed by atoms with van der Waals surface area (Å²) in [6, 6.07) is 7.09. The second-order valence-electron chi connectivity index (χ2n) is 5.13. The van der Waals surface area contributed by atoms with Crippen LogP contribution in [0.25, 0.3) is 0 Å². The molecule has 0 spiro atoms. The smallest absolute Gasteiger partial charge is 0.248 e. The van der Waals surface area contributed by atoms with Gasteiger partial charge in [0.25, 0.3) is 0 Å². The van der Waals surface area contributed by atoms with Gasteiger partial charge in [0.05, 0.1) is 5.41 Å². The Bertz CT molecular complexity index is 452. The van der Waals surface area contributed by atoms with Crippen LogP contribution in [0.3, 0.4) is 0 Å². The van der Waals surface area contributed by atoms with Crippen LogP contribution in [-0.2, 0) is 11.3 Å². The molecule has 5 nitrogen and oxygen atoms in total. The highest BCUT2D eigenvalue weighted by molar-refractivity contribution is 5.92. The average Bonchev–Trinajstić information content (AvgIpc) is 2.38. The van der Waals surface area contributed by atoms with Gasteiger partial charge in [0.1, 0.15) is 0 Å². The first kappa shape index (κ1) is 15.2. The van der Waals surface area contributed by atoms with Gasteiger partial charge in [-0.15, -0.1) is 0 Å². The number of carbonyl (C=O) groups is 2. The molecule has 0 saturated heterocycles. The van der Waals surface area contributed by atoms with Gasteiger partial charge in [0.15, 0.2) is 0 Å². The van der Waals surface area contributed by atoms with E-state index in [4.69, 9.17) is 5.73 Å². The lowest BCUT2D eigenvalue weighted by Crippen LogP contribution is -2.41. The molecule has 1 aromatic carbocycles. The lowest BCUT2D eigenvalue weighted by Gasteiger charge is -2.22. The summed E-state index contributed by atoms with van der Waals surface area (Å²) in [5, 5.41) is 5.87. The zero-order valence-electron chi connectivity index (χ0n) is 11.6. The maximum absolute atomic E-state index is 11.6. The molecule has 0 unspecified atom stereocenters. The van der Waals surface area contributed by atoms with Gasteiger partial charge in [-0.2, -0.15) is 0 Å². The van der Waals surface area contributed by atoms with Crippen molar-refractivity contribution in [3.05, 3.63) is 35.4 Å². The fourth-order valence-electron chi connectivity index (χ4n) is 1.72. The SMILES string of the molecule is CNC(=O)C(C)(C)CNCc1ccc(C(N)=O)cc1. The number of nitrogens with two attached hydrogens (primary N) is 1. The first-order valence-electron chi connectivity index (χ1n) is 6.18. The number of hydrogen-bond acceptors (Lipinski definition) is 3. The summed E-state index contributed by atoms with van der Waals surface area (Å²) in [6.07, 6.45) is 0. The van der Waals surface area contributed by atoms with Crippen LogP contribution in [0.5, 0.6) is 0 Å². The van der Waals surface area contributed by atoms with Crippen molar-refractivity contribution in [2.45, 2.75) is 20.4 Å². The number of amides is 2. The zero-order chi connectivity index (χ0) is 14.5. The van der Waals surface area contributed by atoms with Crippen LogP contribution in [0.2, 0.25) is 0 Å². The Kier molecular flexibility index (Phi) is 5.06. The van der Waals surface area contributed by atoms with Crippen LogP contribution < -0.4 is 16.4 Å². The summed E-state index contributed by atoms with van der Waals surface area (Å²) < 4.78 is 0. The van der Waals surface area contributed by atoms with E-state index in [0.717, 1.165) is 5.56 Å². The molecule has 2 amide bonds.